The second-order valence-electron chi connectivity index (χ2n) is 5.11. The Kier molecular flexibility index (Phi) is 3.97. The van der Waals surface area contributed by atoms with Gasteiger partial charge in [-0.15, -0.1) is 0 Å². The summed E-state index contributed by atoms with van der Waals surface area (Å²) in [6.07, 6.45) is 1.89. The topological polar surface area (TPSA) is 41.1 Å². The predicted octanol–water partition coefficient (Wildman–Crippen LogP) is 2.46. The maximum absolute atomic E-state index is 13.6. The maximum atomic E-state index is 13.6. The van der Waals surface area contributed by atoms with E-state index in [0.29, 0.717) is 5.92 Å². The van der Waals surface area contributed by atoms with Gasteiger partial charge in [-0.25, -0.2) is 4.39 Å². The fraction of sp³-hybridized carbons (Fsp3) is 0.500. The molecular weight excluding hydrogens is 231 g/mol. The molecule has 1 saturated heterocycles. The van der Waals surface area contributed by atoms with Crippen molar-refractivity contribution in [3.8, 4) is 0 Å². The number of carbonyl (C=O) groups excluding carboxylic acids is 1. The molecule has 1 aromatic carbocycles. The summed E-state index contributed by atoms with van der Waals surface area (Å²) in [7, 11) is 0. The number of hydrogen-bond acceptors (Lipinski definition) is 2. The fourth-order valence-corrected chi connectivity index (χ4v) is 2.25. The molecule has 0 radical (unpaired) electrons. The smallest absolute Gasteiger partial charge is 0.241 e. The van der Waals surface area contributed by atoms with Crippen LogP contribution in [0.5, 0.6) is 0 Å². The van der Waals surface area contributed by atoms with Gasteiger partial charge < -0.3 is 10.6 Å². The molecule has 1 aliphatic heterocycles. The summed E-state index contributed by atoms with van der Waals surface area (Å²) < 4.78 is 13.6. The molecule has 3 nitrogen and oxygen atoms in total. The summed E-state index contributed by atoms with van der Waals surface area (Å²) in [6.45, 7) is 4.79. The first-order valence-electron chi connectivity index (χ1n) is 6.36. The first-order chi connectivity index (χ1) is 8.56. The van der Waals surface area contributed by atoms with E-state index in [1.165, 1.54) is 6.07 Å². The van der Waals surface area contributed by atoms with Crippen molar-refractivity contribution in [1.29, 1.82) is 0 Å². The van der Waals surface area contributed by atoms with Crippen LogP contribution >= 0.6 is 0 Å². The Balaban J connectivity index is 2.02. The number of hydrogen-bond donors (Lipinski definition) is 2. The molecule has 1 heterocycles. The van der Waals surface area contributed by atoms with Gasteiger partial charge in [0.15, 0.2) is 0 Å². The van der Waals surface area contributed by atoms with E-state index in [2.05, 4.69) is 17.6 Å². The molecule has 1 aliphatic rings. The minimum Gasteiger partial charge on any atom is -0.322 e. The van der Waals surface area contributed by atoms with Crippen LogP contribution in [-0.4, -0.2) is 18.5 Å². The second-order valence-corrected chi connectivity index (χ2v) is 5.11. The van der Waals surface area contributed by atoms with Gasteiger partial charge in [0.25, 0.3) is 0 Å². The van der Waals surface area contributed by atoms with Crippen molar-refractivity contribution in [3.63, 3.8) is 0 Å². The quantitative estimate of drug-likeness (QED) is 0.846. The van der Waals surface area contributed by atoms with Crippen LogP contribution in [0.25, 0.3) is 0 Å². The van der Waals surface area contributed by atoms with Crippen molar-refractivity contribution < 1.29 is 9.18 Å². The highest BCUT2D eigenvalue weighted by atomic mass is 19.1. The highest BCUT2D eigenvalue weighted by Crippen LogP contribution is 2.19. The van der Waals surface area contributed by atoms with Gasteiger partial charge in [-0.2, -0.15) is 0 Å². The van der Waals surface area contributed by atoms with Crippen LogP contribution < -0.4 is 10.6 Å². The summed E-state index contributed by atoms with van der Waals surface area (Å²) in [5.74, 6) is 0.00127. The minimum absolute atomic E-state index is 0.149. The van der Waals surface area contributed by atoms with Gasteiger partial charge in [-0.3, -0.25) is 4.79 Å². The molecule has 18 heavy (non-hydrogen) atoms. The molecule has 0 bridgehead atoms. The van der Waals surface area contributed by atoms with Crippen LogP contribution in [0.3, 0.4) is 0 Å². The van der Waals surface area contributed by atoms with Gasteiger partial charge in [0.2, 0.25) is 5.91 Å². The summed E-state index contributed by atoms with van der Waals surface area (Å²) in [5, 5.41) is 5.82. The van der Waals surface area contributed by atoms with Crippen molar-refractivity contribution in [2.45, 2.75) is 32.7 Å². The molecule has 1 aromatic rings. The van der Waals surface area contributed by atoms with Crippen LogP contribution in [0.2, 0.25) is 0 Å². The predicted molar refractivity (Wildman–Crippen MR) is 70.0 cm³/mol. The van der Waals surface area contributed by atoms with Crippen LogP contribution in [0, 0.1) is 18.7 Å². The molecule has 1 fully saturated rings. The first-order valence-corrected chi connectivity index (χ1v) is 6.36. The summed E-state index contributed by atoms with van der Waals surface area (Å²) in [4.78, 5) is 12.0. The Morgan fingerprint density at radius 2 is 2.28 bits per heavy atom. The second kappa shape index (κ2) is 5.48. The van der Waals surface area contributed by atoms with E-state index in [0.717, 1.165) is 24.9 Å². The number of aryl methyl sites for hydroxylation is 1. The lowest BCUT2D eigenvalue weighted by molar-refractivity contribution is -0.119. The van der Waals surface area contributed by atoms with E-state index in [9.17, 15) is 9.18 Å². The van der Waals surface area contributed by atoms with Gasteiger partial charge in [-0.1, -0.05) is 13.0 Å². The molecule has 0 aliphatic carbocycles. The molecule has 0 saturated carbocycles. The number of amides is 1. The van der Waals surface area contributed by atoms with Gasteiger partial charge in [-0.05, 0) is 49.9 Å². The normalized spacial score (nSPS) is 23.7. The molecular formula is C14H19FN2O. The van der Waals surface area contributed by atoms with E-state index in [1.807, 2.05) is 6.92 Å². The van der Waals surface area contributed by atoms with Crippen LogP contribution in [-0.2, 0) is 4.79 Å². The van der Waals surface area contributed by atoms with Gasteiger partial charge >= 0.3 is 0 Å². The summed E-state index contributed by atoms with van der Waals surface area (Å²) in [5.41, 5.74) is 1.10. The Labute approximate surface area is 107 Å². The molecule has 2 rings (SSSR count). The zero-order valence-corrected chi connectivity index (χ0v) is 10.8. The lowest BCUT2D eigenvalue weighted by atomic mass is 9.94. The van der Waals surface area contributed by atoms with Crippen molar-refractivity contribution in [3.05, 3.63) is 29.6 Å². The minimum atomic E-state index is -0.382. The van der Waals surface area contributed by atoms with E-state index >= 15 is 0 Å². The fourth-order valence-electron chi connectivity index (χ4n) is 2.25. The van der Waals surface area contributed by atoms with Gasteiger partial charge in [0.1, 0.15) is 5.82 Å². The molecule has 1 amide bonds. The lowest BCUT2D eigenvalue weighted by Crippen LogP contribution is -2.45. The van der Waals surface area contributed by atoms with Crippen molar-refractivity contribution in [1.82, 2.24) is 5.32 Å². The Bertz CT molecular complexity index is 447. The summed E-state index contributed by atoms with van der Waals surface area (Å²) in [6, 6.07) is 4.60. The summed E-state index contributed by atoms with van der Waals surface area (Å²) >= 11 is 0. The zero-order chi connectivity index (χ0) is 13.1. The number of halogens is 1. The standard InChI is InChI=1S/C14H19FN2O/c1-9-3-4-12(11(15)7-9)17-14(18)13-8-10(2)5-6-16-13/h3-4,7,10,13,16H,5-6,8H2,1-2H3,(H,17,18). The van der Waals surface area contributed by atoms with Crippen LogP contribution in [0.1, 0.15) is 25.3 Å². The first kappa shape index (κ1) is 13.0. The molecule has 98 valence electrons. The van der Waals surface area contributed by atoms with E-state index in [1.54, 1.807) is 12.1 Å². The number of benzene rings is 1. The Morgan fingerprint density at radius 1 is 1.50 bits per heavy atom. The number of rotatable bonds is 2. The molecule has 2 unspecified atom stereocenters. The van der Waals surface area contributed by atoms with Gasteiger partial charge in [0, 0.05) is 0 Å². The molecule has 2 N–H and O–H groups in total. The molecule has 0 aromatic heterocycles. The number of nitrogens with one attached hydrogen (secondary N) is 2. The van der Waals surface area contributed by atoms with Crippen LogP contribution in [0.4, 0.5) is 10.1 Å². The zero-order valence-electron chi connectivity index (χ0n) is 10.8. The van der Waals surface area contributed by atoms with Crippen LogP contribution in [0.15, 0.2) is 18.2 Å². The Hall–Kier alpha value is -1.42. The van der Waals surface area contributed by atoms with E-state index in [4.69, 9.17) is 0 Å². The highest BCUT2D eigenvalue weighted by Gasteiger charge is 2.24. The number of piperidine rings is 1. The third kappa shape index (κ3) is 3.07. The van der Waals surface area contributed by atoms with Crippen molar-refractivity contribution in [2.24, 2.45) is 5.92 Å². The van der Waals surface area contributed by atoms with Crippen molar-refractivity contribution in [2.75, 3.05) is 11.9 Å². The maximum Gasteiger partial charge on any atom is 0.241 e. The molecule has 2 atom stereocenters. The number of anilines is 1. The van der Waals surface area contributed by atoms with E-state index in [-0.39, 0.29) is 23.5 Å². The highest BCUT2D eigenvalue weighted by molar-refractivity contribution is 5.95. The largest absolute Gasteiger partial charge is 0.322 e. The number of carbonyl (C=O) groups is 1. The third-order valence-corrected chi connectivity index (χ3v) is 3.36. The molecule has 0 spiro atoms. The molecule has 4 heteroatoms. The van der Waals surface area contributed by atoms with E-state index < -0.39 is 0 Å². The lowest BCUT2D eigenvalue weighted by Gasteiger charge is -2.27. The third-order valence-electron chi connectivity index (χ3n) is 3.36. The SMILES string of the molecule is Cc1ccc(NC(=O)C2CC(C)CCN2)c(F)c1. The average molecular weight is 250 g/mol. The Morgan fingerprint density at radius 3 is 2.94 bits per heavy atom. The van der Waals surface area contributed by atoms with Gasteiger partial charge in [0.05, 0.1) is 11.7 Å². The monoisotopic (exact) mass is 250 g/mol. The van der Waals surface area contributed by atoms with Crippen molar-refractivity contribution >= 4 is 11.6 Å². The average Bonchev–Trinajstić information content (AvgIpc) is 2.32.